The molecule has 0 radical (unpaired) electrons. The van der Waals surface area contributed by atoms with Crippen LogP contribution in [0.2, 0.25) is 0 Å². The first-order valence-electron chi connectivity index (χ1n) is 6.62. The van der Waals surface area contributed by atoms with Crippen molar-refractivity contribution in [1.82, 2.24) is 9.97 Å². The minimum atomic E-state index is -0.236. The van der Waals surface area contributed by atoms with Gasteiger partial charge in [-0.1, -0.05) is 20.8 Å². The molecule has 0 saturated carbocycles. The fourth-order valence-corrected chi connectivity index (χ4v) is 2.45. The lowest BCUT2D eigenvalue weighted by atomic mass is 9.92. The molecule has 21 heavy (non-hydrogen) atoms. The molecule has 2 aromatic rings. The van der Waals surface area contributed by atoms with Crippen molar-refractivity contribution in [3.05, 3.63) is 47.7 Å². The smallest absolute Gasteiger partial charge is 0.143 e. The lowest BCUT2D eigenvalue weighted by Gasteiger charge is -2.19. The Bertz CT molecular complexity index is 608. The molecule has 0 unspecified atom stereocenters. The maximum atomic E-state index is 12.9. The first-order valence-corrected chi connectivity index (χ1v) is 7.60. The quantitative estimate of drug-likeness (QED) is 0.514. The Labute approximate surface area is 128 Å². The minimum Gasteiger partial charge on any atom is -0.308 e. The minimum absolute atomic E-state index is 0.0795. The number of nitrogens with one attached hydrogen (secondary N) is 1. The summed E-state index contributed by atoms with van der Waals surface area (Å²) in [7, 11) is 0. The number of hydrogen-bond acceptors (Lipinski definition) is 5. The summed E-state index contributed by atoms with van der Waals surface area (Å²) in [5.41, 5.74) is 3.43. The Kier molecular flexibility index (Phi) is 4.80. The van der Waals surface area contributed by atoms with Gasteiger partial charge in [-0.3, -0.25) is 0 Å². The molecule has 1 aromatic heterocycles. The number of aromatic nitrogens is 2. The molecule has 0 aliphatic rings. The standard InChI is InChI=1S/C15H19FN4S/c1-15(2,3)12-8-13(20-17)19-14(18-12)9-21-11-6-4-10(16)5-7-11/h4-8H,9,17H2,1-3H3,(H,18,19,20). The molecule has 2 rings (SSSR count). The number of halogens is 1. The van der Waals surface area contributed by atoms with Gasteiger partial charge in [0.25, 0.3) is 0 Å². The molecule has 0 spiro atoms. The summed E-state index contributed by atoms with van der Waals surface area (Å²) in [5, 5.41) is 0. The van der Waals surface area contributed by atoms with Gasteiger partial charge in [-0.15, -0.1) is 11.8 Å². The number of rotatable bonds is 4. The molecule has 3 N–H and O–H groups in total. The largest absolute Gasteiger partial charge is 0.308 e. The van der Waals surface area contributed by atoms with Gasteiger partial charge < -0.3 is 5.43 Å². The second-order valence-corrected chi connectivity index (χ2v) is 6.74. The first kappa shape index (κ1) is 15.7. The van der Waals surface area contributed by atoms with Gasteiger partial charge in [-0.25, -0.2) is 20.2 Å². The van der Waals surface area contributed by atoms with Gasteiger partial charge in [0.15, 0.2) is 0 Å². The molecule has 112 valence electrons. The van der Waals surface area contributed by atoms with Crippen LogP contribution in [0, 0.1) is 5.82 Å². The number of nitrogens with two attached hydrogens (primary N) is 1. The second kappa shape index (κ2) is 6.41. The second-order valence-electron chi connectivity index (χ2n) is 5.69. The summed E-state index contributed by atoms with van der Waals surface area (Å²) in [4.78, 5) is 9.91. The highest BCUT2D eigenvalue weighted by molar-refractivity contribution is 7.98. The number of thioether (sulfide) groups is 1. The maximum absolute atomic E-state index is 12.9. The zero-order chi connectivity index (χ0) is 15.5. The van der Waals surface area contributed by atoms with Crippen LogP contribution < -0.4 is 11.3 Å². The van der Waals surface area contributed by atoms with E-state index in [-0.39, 0.29) is 11.2 Å². The Hall–Kier alpha value is -1.66. The van der Waals surface area contributed by atoms with Crippen molar-refractivity contribution in [3.63, 3.8) is 0 Å². The molecule has 0 saturated heterocycles. The Balaban J connectivity index is 2.17. The lowest BCUT2D eigenvalue weighted by Crippen LogP contribution is -2.18. The fraction of sp³-hybridized carbons (Fsp3) is 0.333. The van der Waals surface area contributed by atoms with E-state index in [1.165, 1.54) is 12.1 Å². The average Bonchev–Trinajstić information content (AvgIpc) is 2.45. The van der Waals surface area contributed by atoms with E-state index in [0.717, 1.165) is 10.6 Å². The number of hydrazine groups is 1. The molecular formula is C15H19FN4S. The van der Waals surface area contributed by atoms with Crippen LogP contribution in [0.3, 0.4) is 0 Å². The van der Waals surface area contributed by atoms with Crippen LogP contribution in [0.1, 0.15) is 32.3 Å². The summed E-state index contributed by atoms with van der Waals surface area (Å²) in [5.74, 6) is 7.13. The van der Waals surface area contributed by atoms with E-state index in [4.69, 9.17) is 5.84 Å². The van der Waals surface area contributed by atoms with Crippen molar-refractivity contribution >= 4 is 17.6 Å². The van der Waals surface area contributed by atoms with Crippen molar-refractivity contribution in [2.24, 2.45) is 5.84 Å². The third-order valence-corrected chi connectivity index (χ3v) is 3.88. The average molecular weight is 306 g/mol. The third-order valence-electron chi connectivity index (χ3n) is 2.87. The van der Waals surface area contributed by atoms with E-state index >= 15 is 0 Å². The first-order chi connectivity index (χ1) is 9.88. The molecule has 1 aromatic carbocycles. The van der Waals surface area contributed by atoms with Crippen LogP contribution in [0.25, 0.3) is 0 Å². The number of nitrogen functional groups attached to an aromatic ring is 1. The van der Waals surface area contributed by atoms with E-state index in [1.54, 1.807) is 23.9 Å². The van der Waals surface area contributed by atoms with Crippen LogP contribution in [0.5, 0.6) is 0 Å². The number of nitrogens with zero attached hydrogens (tertiary/aromatic N) is 2. The zero-order valence-electron chi connectivity index (χ0n) is 12.4. The van der Waals surface area contributed by atoms with Crippen molar-refractivity contribution in [1.29, 1.82) is 0 Å². The highest BCUT2D eigenvalue weighted by Gasteiger charge is 2.17. The Morgan fingerprint density at radius 3 is 2.43 bits per heavy atom. The van der Waals surface area contributed by atoms with Crippen LogP contribution in [0.4, 0.5) is 10.2 Å². The monoisotopic (exact) mass is 306 g/mol. The molecule has 0 aliphatic carbocycles. The number of anilines is 1. The molecule has 0 aliphatic heterocycles. The predicted octanol–water partition coefficient (Wildman–Crippen LogP) is 3.49. The van der Waals surface area contributed by atoms with Gasteiger partial charge in [-0.2, -0.15) is 0 Å². The van der Waals surface area contributed by atoms with E-state index < -0.39 is 0 Å². The molecule has 0 fully saturated rings. The van der Waals surface area contributed by atoms with E-state index in [0.29, 0.717) is 17.4 Å². The van der Waals surface area contributed by atoms with Crippen molar-refractivity contribution in [3.8, 4) is 0 Å². The molecule has 1 heterocycles. The topological polar surface area (TPSA) is 63.8 Å². The summed E-state index contributed by atoms with van der Waals surface area (Å²) in [6, 6.07) is 8.24. The highest BCUT2D eigenvalue weighted by Crippen LogP contribution is 2.25. The van der Waals surface area contributed by atoms with Gasteiger partial charge in [0.1, 0.15) is 17.5 Å². The van der Waals surface area contributed by atoms with Crippen molar-refractivity contribution in [2.75, 3.05) is 5.43 Å². The zero-order valence-corrected chi connectivity index (χ0v) is 13.2. The van der Waals surface area contributed by atoms with Gasteiger partial charge in [-0.05, 0) is 24.3 Å². The summed E-state index contributed by atoms with van der Waals surface area (Å²) < 4.78 is 12.9. The van der Waals surface area contributed by atoms with Gasteiger partial charge in [0.2, 0.25) is 0 Å². The summed E-state index contributed by atoms with van der Waals surface area (Å²) in [6.45, 7) is 6.27. The van der Waals surface area contributed by atoms with Gasteiger partial charge >= 0.3 is 0 Å². The Morgan fingerprint density at radius 2 is 1.86 bits per heavy atom. The molecular weight excluding hydrogens is 287 g/mol. The van der Waals surface area contributed by atoms with Crippen LogP contribution in [0.15, 0.2) is 35.2 Å². The molecule has 0 amide bonds. The maximum Gasteiger partial charge on any atom is 0.143 e. The van der Waals surface area contributed by atoms with Crippen LogP contribution >= 0.6 is 11.8 Å². The fourth-order valence-electron chi connectivity index (χ4n) is 1.70. The van der Waals surface area contributed by atoms with Crippen LogP contribution in [-0.2, 0) is 11.2 Å². The van der Waals surface area contributed by atoms with Crippen molar-refractivity contribution in [2.45, 2.75) is 36.8 Å². The van der Waals surface area contributed by atoms with E-state index in [1.807, 2.05) is 6.07 Å². The van der Waals surface area contributed by atoms with Crippen LogP contribution in [-0.4, -0.2) is 9.97 Å². The summed E-state index contributed by atoms with van der Waals surface area (Å²) >= 11 is 1.56. The van der Waals surface area contributed by atoms with Gasteiger partial charge in [0.05, 0.1) is 11.4 Å². The Morgan fingerprint density at radius 1 is 1.19 bits per heavy atom. The molecule has 4 nitrogen and oxygen atoms in total. The lowest BCUT2D eigenvalue weighted by molar-refractivity contribution is 0.564. The predicted molar refractivity (Wildman–Crippen MR) is 84.5 cm³/mol. The molecule has 0 atom stereocenters. The van der Waals surface area contributed by atoms with Gasteiger partial charge in [0, 0.05) is 16.4 Å². The molecule has 6 heteroatoms. The highest BCUT2D eigenvalue weighted by atomic mass is 32.2. The van der Waals surface area contributed by atoms with Crippen molar-refractivity contribution < 1.29 is 4.39 Å². The summed E-state index contributed by atoms with van der Waals surface area (Å²) in [6.07, 6.45) is 0. The number of benzene rings is 1. The SMILES string of the molecule is CC(C)(C)c1cc(NN)nc(CSc2ccc(F)cc2)n1. The van der Waals surface area contributed by atoms with E-state index in [9.17, 15) is 4.39 Å². The third kappa shape index (κ3) is 4.41. The number of hydrogen-bond donors (Lipinski definition) is 2. The van der Waals surface area contributed by atoms with E-state index in [2.05, 4.69) is 36.2 Å². The molecule has 0 bridgehead atoms. The normalized spacial score (nSPS) is 11.5.